The molecule has 1 saturated carbocycles. The average Bonchev–Trinajstić information content (AvgIpc) is 2.86. The molecular formula is C14H23N3O2. The maximum absolute atomic E-state index is 12.0. The number of hydrogen-bond acceptors (Lipinski definition) is 3. The molecule has 1 aliphatic rings. The van der Waals surface area contributed by atoms with Gasteiger partial charge in [-0.2, -0.15) is 0 Å². The second-order valence-electron chi connectivity index (χ2n) is 5.20. The zero-order valence-corrected chi connectivity index (χ0v) is 11.5. The highest BCUT2D eigenvalue weighted by atomic mass is 16.3. The first-order chi connectivity index (χ1) is 9.20. The summed E-state index contributed by atoms with van der Waals surface area (Å²) in [6.45, 7) is 3.44. The summed E-state index contributed by atoms with van der Waals surface area (Å²) in [4.78, 5) is 16.2. The predicted molar refractivity (Wildman–Crippen MR) is 72.6 cm³/mol. The van der Waals surface area contributed by atoms with Crippen molar-refractivity contribution in [1.29, 1.82) is 0 Å². The topological polar surface area (TPSA) is 67.2 Å². The van der Waals surface area contributed by atoms with Gasteiger partial charge in [-0.05, 0) is 19.3 Å². The van der Waals surface area contributed by atoms with Gasteiger partial charge in [0.15, 0.2) is 0 Å². The number of aromatic nitrogens is 2. The van der Waals surface area contributed by atoms with Crippen LogP contribution in [0.1, 0.15) is 38.4 Å². The summed E-state index contributed by atoms with van der Waals surface area (Å²) in [6, 6.07) is 0. The summed E-state index contributed by atoms with van der Waals surface area (Å²) < 4.78 is 2.07. The van der Waals surface area contributed by atoms with Crippen LogP contribution in [0.15, 0.2) is 12.4 Å². The van der Waals surface area contributed by atoms with E-state index in [9.17, 15) is 9.90 Å². The highest BCUT2D eigenvalue weighted by molar-refractivity contribution is 5.78. The summed E-state index contributed by atoms with van der Waals surface area (Å²) in [6.07, 6.45) is 7.61. The number of aliphatic hydroxyl groups excluding tert-OH is 1. The van der Waals surface area contributed by atoms with Gasteiger partial charge >= 0.3 is 0 Å². The Bertz CT molecular complexity index is 417. The van der Waals surface area contributed by atoms with Crippen molar-refractivity contribution in [2.75, 3.05) is 6.54 Å². The van der Waals surface area contributed by atoms with E-state index in [1.807, 2.05) is 6.20 Å². The van der Waals surface area contributed by atoms with Crippen molar-refractivity contribution in [3.05, 3.63) is 18.2 Å². The first-order valence-corrected chi connectivity index (χ1v) is 7.16. The second-order valence-corrected chi connectivity index (χ2v) is 5.20. The molecule has 1 aromatic rings. The van der Waals surface area contributed by atoms with Crippen LogP contribution < -0.4 is 5.32 Å². The standard InChI is InChI=1S/C14H23N3O2/c1-2-13-15-6-8-17(13)9-7-16-14(19)11-4-3-5-12(18)10-11/h6,8,11-12,18H,2-5,7,9-10H2,1H3,(H,16,19)/t11-,12-/m0/s1. The van der Waals surface area contributed by atoms with Crippen LogP contribution in [-0.2, 0) is 17.8 Å². The van der Waals surface area contributed by atoms with Crippen molar-refractivity contribution in [3.63, 3.8) is 0 Å². The molecule has 0 radical (unpaired) electrons. The Morgan fingerprint density at radius 1 is 1.58 bits per heavy atom. The summed E-state index contributed by atoms with van der Waals surface area (Å²) in [5, 5.41) is 12.5. The molecule has 2 rings (SSSR count). The largest absolute Gasteiger partial charge is 0.393 e. The van der Waals surface area contributed by atoms with E-state index in [4.69, 9.17) is 0 Å². The molecule has 5 nitrogen and oxygen atoms in total. The molecule has 1 aliphatic carbocycles. The minimum absolute atomic E-state index is 0.0165. The fourth-order valence-electron chi connectivity index (χ4n) is 2.70. The van der Waals surface area contributed by atoms with Crippen LogP contribution in [0.2, 0.25) is 0 Å². The quantitative estimate of drug-likeness (QED) is 0.838. The number of amides is 1. The molecule has 1 aromatic heterocycles. The zero-order chi connectivity index (χ0) is 13.7. The van der Waals surface area contributed by atoms with E-state index in [0.717, 1.165) is 38.1 Å². The average molecular weight is 265 g/mol. The molecule has 19 heavy (non-hydrogen) atoms. The van der Waals surface area contributed by atoms with Gasteiger partial charge in [0.25, 0.3) is 0 Å². The van der Waals surface area contributed by atoms with Crippen LogP contribution >= 0.6 is 0 Å². The molecule has 2 N–H and O–H groups in total. The third-order valence-electron chi connectivity index (χ3n) is 3.79. The van der Waals surface area contributed by atoms with Crippen molar-refractivity contribution in [3.8, 4) is 0 Å². The summed E-state index contributed by atoms with van der Waals surface area (Å²) in [5.74, 6) is 1.11. The van der Waals surface area contributed by atoms with E-state index < -0.39 is 0 Å². The van der Waals surface area contributed by atoms with E-state index in [1.54, 1.807) is 6.20 Å². The Morgan fingerprint density at radius 2 is 2.42 bits per heavy atom. The minimum atomic E-state index is -0.301. The molecule has 2 atom stereocenters. The molecule has 106 valence electrons. The summed E-state index contributed by atoms with van der Waals surface area (Å²) in [7, 11) is 0. The number of aliphatic hydroxyl groups is 1. The SMILES string of the molecule is CCc1nccn1CCNC(=O)[C@H]1CCC[C@H](O)C1. The van der Waals surface area contributed by atoms with Crippen molar-refractivity contribution in [2.24, 2.45) is 5.92 Å². The Kier molecular flexibility index (Phi) is 4.96. The minimum Gasteiger partial charge on any atom is -0.393 e. The Balaban J connectivity index is 1.74. The van der Waals surface area contributed by atoms with Gasteiger partial charge in [0.05, 0.1) is 6.10 Å². The molecule has 0 aromatic carbocycles. The van der Waals surface area contributed by atoms with Gasteiger partial charge in [-0.25, -0.2) is 4.98 Å². The molecule has 0 unspecified atom stereocenters. The predicted octanol–water partition coefficient (Wildman–Crippen LogP) is 1.11. The van der Waals surface area contributed by atoms with Crippen LogP contribution in [0.4, 0.5) is 0 Å². The van der Waals surface area contributed by atoms with Gasteiger partial charge in [0, 0.05) is 37.8 Å². The summed E-state index contributed by atoms with van der Waals surface area (Å²) in [5.41, 5.74) is 0. The van der Waals surface area contributed by atoms with E-state index in [0.29, 0.717) is 13.0 Å². The molecular weight excluding hydrogens is 242 g/mol. The lowest BCUT2D eigenvalue weighted by atomic mass is 9.87. The number of aryl methyl sites for hydroxylation is 1. The van der Waals surface area contributed by atoms with Crippen LogP contribution in [0.3, 0.4) is 0 Å². The van der Waals surface area contributed by atoms with Crippen LogP contribution in [-0.4, -0.2) is 33.2 Å². The van der Waals surface area contributed by atoms with E-state index in [1.165, 1.54) is 0 Å². The van der Waals surface area contributed by atoms with Gasteiger partial charge in [-0.3, -0.25) is 4.79 Å². The third-order valence-corrected chi connectivity index (χ3v) is 3.79. The molecule has 5 heteroatoms. The van der Waals surface area contributed by atoms with Crippen LogP contribution in [0.25, 0.3) is 0 Å². The van der Waals surface area contributed by atoms with E-state index in [-0.39, 0.29) is 17.9 Å². The number of carbonyl (C=O) groups is 1. The number of nitrogens with one attached hydrogen (secondary N) is 1. The van der Waals surface area contributed by atoms with Crippen LogP contribution in [0.5, 0.6) is 0 Å². The Morgan fingerprint density at radius 3 is 3.16 bits per heavy atom. The first-order valence-electron chi connectivity index (χ1n) is 7.16. The molecule has 0 bridgehead atoms. The number of hydrogen-bond donors (Lipinski definition) is 2. The highest BCUT2D eigenvalue weighted by Gasteiger charge is 2.25. The number of carbonyl (C=O) groups excluding carboxylic acids is 1. The monoisotopic (exact) mass is 265 g/mol. The molecule has 0 aliphatic heterocycles. The van der Waals surface area contributed by atoms with E-state index >= 15 is 0 Å². The van der Waals surface area contributed by atoms with Crippen molar-refractivity contribution < 1.29 is 9.90 Å². The highest BCUT2D eigenvalue weighted by Crippen LogP contribution is 2.24. The lowest BCUT2D eigenvalue weighted by molar-refractivity contribution is -0.127. The van der Waals surface area contributed by atoms with Crippen molar-refractivity contribution in [2.45, 2.75) is 51.7 Å². The maximum Gasteiger partial charge on any atom is 0.223 e. The zero-order valence-electron chi connectivity index (χ0n) is 11.5. The van der Waals surface area contributed by atoms with Crippen molar-refractivity contribution >= 4 is 5.91 Å². The molecule has 1 heterocycles. The maximum atomic E-state index is 12.0. The van der Waals surface area contributed by atoms with Gasteiger partial charge in [-0.1, -0.05) is 13.3 Å². The molecule has 0 saturated heterocycles. The number of rotatable bonds is 5. The third kappa shape index (κ3) is 3.80. The van der Waals surface area contributed by atoms with E-state index in [2.05, 4.69) is 21.8 Å². The fourth-order valence-corrected chi connectivity index (χ4v) is 2.70. The van der Waals surface area contributed by atoms with Crippen molar-refractivity contribution in [1.82, 2.24) is 14.9 Å². The second kappa shape index (κ2) is 6.70. The Labute approximate surface area is 114 Å². The van der Waals surface area contributed by atoms with Gasteiger partial charge < -0.3 is 15.0 Å². The fraction of sp³-hybridized carbons (Fsp3) is 0.714. The lowest BCUT2D eigenvalue weighted by Gasteiger charge is -2.24. The number of imidazole rings is 1. The van der Waals surface area contributed by atoms with Gasteiger partial charge in [-0.15, -0.1) is 0 Å². The smallest absolute Gasteiger partial charge is 0.223 e. The lowest BCUT2D eigenvalue weighted by Crippen LogP contribution is -2.36. The first kappa shape index (κ1) is 14.1. The van der Waals surface area contributed by atoms with Gasteiger partial charge in [0.1, 0.15) is 5.82 Å². The summed E-state index contributed by atoms with van der Waals surface area (Å²) >= 11 is 0. The number of nitrogens with zero attached hydrogens (tertiary/aromatic N) is 2. The van der Waals surface area contributed by atoms with Gasteiger partial charge in [0.2, 0.25) is 5.91 Å². The normalized spacial score (nSPS) is 23.3. The molecule has 1 fully saturated rings. The molecule has 1 amide bonds. The van der Waals surface area contributed by atoms with Crippen LogP contribution in [0, 0.1) is 5.92 Å². The molecule has 0 spiro atoms. The Hall–Kier alpha value is -1.36.